The van der Waals surface area contributed by atoms with Crippen LogP contribution in [0.1, 0.15) is 44.1 Å². The maximum absolute atomic E-state index is 12.4. The Labute approximate surface area is 166 Å². The number of piperidine rings is 1. The average Bonchev–Trinajstić information content (AvgIpc) is 3.50. The van der Waals surface area contributed by atoms with E-state index in [-0.39, 0.29) is 23.3 Å². The largest absolute Gasteiger partial charge is 0.481 e. The summed E-state index contributed by atoms with van der Waals surface area (Å²) in [4.78, 5) is 25.7. The predicted octanol–water partition coefficient (Wildman–Crippen LogP) is 2.73. The lowest BCUT2D eigenvalue weighted by atomic mass is 9.89. The van der Waals surface area contributed by atoms with Gasteiger partial charge in [0.1, 0.15) is 0 Å². The lowest BCUT2D eigenvalue weighted by Crippen LogP contribution is -2.39. The van der Waals surface area contributed by atoms with Gasteiger partial charge in [-0.25, -0.2) is 8.42 Å². The van der Waals surface area contributed by atoms with Crippen molar-refractivity contribution in [1.82, 2.24) is 4.90 Å². The number of carboxylic acids is 1. The Morgan fingerprint density at radius 3 is 2.29 bits per heavy atom. The number of benzene rings is 1. The third-order valence-corrected chi connectivity index (χ3v) is 7.49. The third kappa shape index (κ3) is 6.06. The van der Waals surface area contributed by atoms with Gasteiger partial charge < -0.3 is 10.0 Å². The van der Waals surface area contributed by atoms with E-state index in [1.165, 1.54) is 0 Å². The maximum atomic E-state index is 12.4. The number of nitrogens with zero attached hydrogens (tertiary/aromatic N) is 1. The molecule has 1 atom stereocenters. The molecule has 0 radical (unpaired) electrons. The van der Waals surface area contributed by atoms with Crippen molar-refractivity contribution in [3.8, 4) is 0 Å². The Morgan fingerprint density at radius 2 is 1.71 bits per heavy atom. The summed E-state index contributed by atoms with van der Waals surface area (Å²) in [5.74, 6) is -1.49. The standard InChI is InChI=1S/C21H29NO5S/c23-20(18-8-9-18)22-12-10-16(11-13-22)6-7-19(21(24)25)15-28(26,27)14-17-4-2-1-3-5-17/h1-5,16,18-19H,6-15H2,(H,24,25)/t19-/m0/s1. The predicted molar refractivity (Wildman–Crippen MR) is 106 cm³/mol. The van der Waals surface area contributed by atoms with Crippen molar-refractivity contribution < 1.29 is 23.1 Å². The number of likely N-dealkylation sites (tertiary alicyclic amines) is 1. The summed E-state index contributed by atoms with van der Waals surface area (Å²) < 4.78 is 24.9. The average molecular weight is 408 g/mol. The van der Waals surface area contributed by atoms with Crippen LogP contribution in [-0.4, -0.2) is 49.1 Å². The molecule has 1 heterocycles. The van der Waals surface area contributed by atoms with Crippen LogP contribution in [0.3, 0.4) is 0 Å². The van der Waals surface area contributed by atoms with Gasteiger partial charge >= 0.3 is 5.97 Å². The molecule has 0 unspecified atom stereocenters. The zero-order valence-corrected chi connectivity index (χ0v) is 16.9. The molecule has 1 N–H and O–H groups in total. The third-order valence-electron chi connectivity index (χ3n) is 5.81. The number of amides is 1. The van der Waals surface area contributed by atoms with Gasteiger partial charge in [0.25, 0.3) is 0 Å². The number of carbonyl (C=O) groups excluding carboxylic acids is 1. The van der Waals surface area contributed by atoms with Gasteiger partial charge in [-0.15, -0.1) is 0 Å². The van der Waals surface area contributed by atoms with Crippen molar-refractivity contribution in [2.24, 2.45) is 17.8 Å². The normalized spacial score (nSPS) is 19.4. The van der Waals surface area contributed by atoms with Crippen molar-refractivity contribution in [3.05, 3.63) is 35.9 Å². The summed E-state index contributed by atoms with van der Waals surface area (Å²) in [5.41, 5.74) is 0.680. The van der Waals surface area contributed by atoms with Gasteiger partial charge in [0.15, 0.2) is 9.84 Å². The lowest BCUT2D eigenvalue weighted by Gasteiger charge is -2.32. The molecule has 1 saturated heterocycles. The highest BCUT2D eigenvalue weighted by Gasteiger charge is 2.35. The summed E-state index contributed by atoms with van der Waals surface area (Å²) in [6.07, 6.45) is 4.84. The van der Waals surface area contributed by atoms with E-state index in [0.717, 1.165) is 38.8 Å². The summed E-state index contributed by atoms with van der Waals surface area (Å²) in [5, 5.41) is 9.50. The molecule has 1 saturated carbocycles. The highest BCUT2D eigenvalue weighted by molar-refractivity contribution is 7.90. The molecule has 7 heteroatoms. The molecule has 1 aliphatic heterocycles. The van der Waals surface area contributed by atoms with Gasteiger partial charge in [-0.3, -0.25) is 9.59 Å². The Balaban J connectivity index is 1.47. The van der Waals surface area contributed by atoms with Crippen molar-refractivity contribution in [2.45, 2.75) is 44.3 Å². The second-order valence-electron chi connectivity index (χ2n) is 8.20. The molecular formula is C21H29NO5S. The molecule has 2 fully saturated rings. The number of hydrogen-bond acceptors (Lipinski definition) is 4. The molecule has 0 bridgehead atoms. The molecule has 154 valence electrons. The monoisotopic (exact) mass is 407 g/mol. The quantitative estimate of drug-likeness (QED) is 0.680. The van der Waals surface area contributed by atoms with Crippen LogP contribution in [0.15, 0.2) is 30.3 Å². The minimum atomic E-state index is -3.49. The fraction of sp³-hybridized carbons (Fsp3) is 0.619. The van der Waals surface area contributed by atoms with E-state index >= 15 is 0 Å². The first-order chi connectivity index (χ1) is 13.3. The van der Waals surface area contributed by atoms with E-state index in [4.69, 9.17) is 0 Å². The minimum Gasteiger partial charge on any atom is -0.481 e. The Kier molecular flexibility index (Phi) is 6.75. The first-order valence-electron chi connectivity index (χ1n) is 10.1. The van der Waals surface area contributed by atoms with Crippen LogP contribution >= 0.6 is 0 Å². The van der Waals surface area contributed by atoms with Crippen molar-refractivity contribution in [3.63, 3.8) is 0 Å². The zero-order valence-electron chi connectivity index (χ0n) is 16.1. The van der Waals surface area contributed by atoms with Gasteiger partial charge in [-0.05, 0) is 50.0 Å². The minimum absolute atomic E-state index is 0.126. The molecule has 1 aromatic carbocycles. The highest BCUT2D eigenvalue weighted by Crippen LogP contribution is 2.33. The summed E-state index contributed by atoms with van der Waals surface area (Å²) >= 11 is 0. The summed E-state index contributed by atoms with van der Waals surface area (Å²) in [6.45, 7) is 1.48. The summed E-state index contributed by atoms with van der Waals surface area (Å²) in [6, 6.07) is 8.85. The van der Waals surface area contributed by atoms with Crippen molar-refractivity contribution >= 4 is 21.7 Å². The second kappa shape index (κ2) is 9.07. The van der Waals surface area contributed by atoms with Crippen molar-refractivity contribution in [1.29, 1.82) is 0 Å². The van der Waals surface area contributed by atoms with E-state index < -0.39 is 21.7 Å². The van der Waals surface area contributed by atoms with Gasteiger partial charge in [0, 0.05) is 19.0 Å². The first-order valence-corrected chi connectivity index (χ1v) is 11.9. The molecule has 0 spiro atoms. The summed E-state index contributed by atoms with van der Waals surface area (Å²) in [7, 11) is -3.49. The highest BCUT2D eigenvalue weighted by atomic mass is 32.2. The van der Waals surface area contributed by atoms with Crippen LogP contribution in [-0.2, 0) is 25.2 Å². The Morgan fingerprint density at radius 1 is 1.07 bits per heavy atom. The van der Waals surface area contributed by atoms with Crippen molar-refractivity contribution in [2.75, 3.05) is 18.8 Å². The SMILES string of the molecule is O=C(O)[C@@H](CCC1CCN(C(=O)C2CC2)CC1)CS(=O)(=O)Cc1ccccc1. The topological polar surface area (TPSA) is 91.8 Å². The van der Waals surface area contributed by atoms with E-state index in [2.05, 4.69) is 0 Å². The van der Waals surface area contributed by atoms with Gasteiger partial charge in [0.2, 0.25) is 5.91 Å². The number of carbonyl (C=O) groups is 2. The Bertz CT molecular complexity index is 780. The maximum Gasteiger partial charge on any atom is 0.307 e. The van der Waals surface area contributed by atoms with E-state index in [9.17, 15) is 23.1 Å². The number of aliphatic carboxylic acids is 1. The molecule has 0 aromatic heterocycles. The Hall–Kier alpha value is -1.89. The van der Waals surface area contributed by atoms with Gasteiger partial charge in [-0.2, -0.15) is 0 Å². The van der Waals surface area contributed by atoms with Crippen LogP contribution in [0.4, 0.5) is 0 Å². The van der Waals surface area contributed by atoms with Crippen LogP contribution in [0.5, 0.6) is 0 Å². The van der Waals surface area contributed by atoms with E-state index in [1.807, 2.05) is 11.0 Å². The van der Waals surface area contributed by atoms with Crippen LogP contribution in [0.2, 0.25) is 0 Å². The molecule has 1 amide bonds. The number of carboxylic acid groups (broad SMARTS) is 1. The van der Waals surface area contributed by atoms with Gasteiger partial charge in [0.05, 0.1) is 17.4 Å². The number of sulfone groups is 1. The zero-order chi connectivity index (χ0) is 20.1. The molecule has 1 aromatic rings. The molecule has 28 heavy (non-hydrogen) atoms. The molecule has 6 nitrogen and oxygen atoms in total. The van der Waals surface area contributed by atoms with E-state index in [0.29, 0.717) is 24.3 Å². The number of rotatable bonds is 9. The smallest absolute Gasteiger partial charge is 0.307 e. The first kappa shape index (κ1) is 20.8. The van der Waals surface area contributed by atoms with Gasteiger partial charge in [-0.1, -0.05) is 30.3 Å². The van der Waals surface area contributed by atoms with Crippen LogP contribution in [0, 0.1) is 17.8 Å². The van der Waals surface area contributed by atoms with Crippen LogP contribution < -0.4 is 0 Å². The fourth-order valence-electron chi connectivity index (χ4n) is 3.94. The lowest BCUT2D eigenvalue weighted by molar-refractivity contribution is -0.141. The molecule has 2 aliphatic rings. The molecular weight excluding hydrogens is 378 g/mol. The van der Waals surface area contributed by atoms with Crippen LogP contribution in [0.25, 0.3) is 0 Å². The second-order valence-corrected chi connectivity index (χ2v) is 10.3. The molecule has 1 aliphatic carbocycles. The fourth-order valence-corrected chi connectivity index (χ4v) is 5.68. The molecule has 3 rings (SSSR count). The number of hydrogen-bond donors (Lipinski definition) is 1. The van der Waals surface area contributed by atoms with E-state index in [1.54, 1.807) is 24.3 Å².